The number of aliphatic hydroxyl groups is 1. The summed E-state index contributed by atoms with van der Waals surface area (Å²) in [6, 6.07) is 5.75. The van der Waals surface area contributed by atoms with Gasteiger partial charge < -0.3 is 10.0 Å². The van der Waals surface area contributed by atoms with E-state index >= 15 is 0 Å². The van der Waals surface area contributed by atoms with Crippen molar-refractivity contribution in [2.24, 2.45) is 5.92 Å². The normalized spacial score (nSPS) is 16.7. The Morgan fingerprint density at radius 2 is 1.90 bits per heavy atom. The maximum Gasteiger partial charge on any atom is 0.126 e. The third kappa shape index (κ3) is 5.08. The molecule has 3 heteroatoms. The number of rotatable bonds is 8. The fourth-order valence-corrected chi connectivity index (χ4v) is 2.61. The molecule has 1 aliphatic carbocycles. The van der Waals surface area contributed by atoms with E-state index in [9.17, 15) is 9.50 Å². The maximum absolute atomic E-state index is 13.6. The predicted molar refractivity (Wildman–Crippen MR) is 84.8 cm³/mol. The van der Waals surface area contributed by atoms with Crippen LogP contribution in [0, 0.1) is 18.7 Å². The average molecular weight is 293 g/mol. The predicted octanol–water partition coefficient (Wildman–Crippen LogP) is 4.07. The first-order chi connectivity index (χ1) is 9.97. The lowest BCUT2D eigenvalue weighted by Crippen LogP contribution is -2.30. The first kappa shape index (κ1) is 16.4. The van der Waals surface area contributed by atoms with Gasteiger partial charge in [0.2, 0.25) is 0 Å². The van der Waals surface area contributed by atoms with Crippen molar-refractivity contribution in [3.8, 4) is 0 Å². The summed E-state index contributed by atoms with van der Waals surface area (Å²) < 4.78 is 13.6. The molecule has 1 aromatic carbocycles. The van der Waals surface area contributed by atoms with Crippen LogP contribution in [-0.2, 0) is 0 Å². The Bertz CT molecular complexity index is 457. The van der Waals surface area contributed by atoms with E-state index in [0.717, 1.165) is 13.1 Å². The number of hydrogen-bond acceptors (Lipinski definition) is 2. The average Bonchev–Trinajstić information content (AvgIpc) is 3.26. The molecule has 0 bridgehead atoms. The standard InChI is InChI=1S/C18H28FNO/c1-13(2)8-10-20(16-6-7-16)11-9-18(21)15-5-4-14(3)17(19)12-15/h4-5,12-13,16,18,21H,6-11H2,1-3H3. The Hall–Kier alpha value is -0.930. The van der Waals surface area contributed by atoms with Crippen LogP contribution in [-0.4, -0.2) is 29.1 Å². The third-order valence-corrected chi connectivity index (χ3v) is 4.33. The quantitative estimate of drug-likeness (QED) is 0.781. The molecule has 0 aromatic heterocycles. The highest BCUT2D eigenvalue weighted by atomic mass is 19.1. The lowest BCUT2D eigenvalue weighted by molar-refractivity contribution is 0.137. The largest absolute Gasteiger partial charge is 0.388 e. The molecule has 0 heterocycles. The van der Waals surface area contributed by atoms with E-state index in [1.807, 2.05) is 6.07 Å². The highest BCUT2D eigenvalue weighted by Crippen LogP contribution is 2.29. The van der Waals surface area contributed by atoms with Crippen LogP contribution in [0.5, 0.6) is 0 Å². The van der Waals surface area contributed by atoms with Gasteiger partial charge in [-0.3, -0.25) is 0 Å². The van der Waals surface area contributed by atoms with Gasteiger partial charge in [0.05, 0.1) is 6.10 Å². The van der Waals surface area contributed by atoms with Crippen LogP contribution in [0.3, 0.4) is 0 Å². The molecule has 0 saturated heterocycles. The summed E-state index contributed by atoms with van der Waals surface area (Å²) >= 11 is 0. The molecule has 1 atom stereocenters. The van der Waals surface area contributed by atoms with Gasteiger partial charge in [-0.15, -0.1) is 0 Å². The molecule has 1 N–H and O–H groups in total. The van der Waals surface area contributed by atoms with Gasteiger partial charge in [0, 0.05) is 12.6 Å². The fraction of sp³-hybridized carbons (Fsp3) is 0.667. The van der Waals surface area contributed by atoms with Crippen LogP contribution in [0.15, 0.2) is 18.2 Å². The van der Waals surface area contributed by atoms with Crippen LogP contribution < -0.4 is 0 Å². The molecule has 1 fully saturated rings. The highest BCUT2D eigenvalue weighted by Gasteiger charge is 2.28. The first-order valence-corrected chi connectivity index (χ1v) is 8.15. The van der Waals surface area contributed by atoms with Gasteiger partial charge in [-0.1, -0.05) is 26.0 Å². The minimum Gasteiger partial charge on any atom is -0.388 e. The Morgan fingerprint density at radius 3 is 2.48 bits per heavy atom. The molecule has 2 rings (SSSR count). The van der Waals surface area contributed by atoms with Gasteiger partial charge in [0.25, 0.3) is 0 Å². The van der Waals surface area contributed by atoms with Crippen molar-refractivity contribution in [2.45, 2.75) is 58.6 Å². The summed E-state index contributed by atoms with van der Waals surface area (Å²) in [5.41, 5.74) is 1.32. The third-order valence-electron chi connectivity index (χ3n) is 4.33. The molecule has 118 valence electrons. The molecular weight excluding hydrogens is 265 g/mol. The molecule has 21 heavy (non-hydrogen) atoms. The monoisotopic (exact) mass is 293 g/mol. The number of aliphatic hydroxyl groups excluding tert-OH is 1. The van der Waals surface area contributed by atoms with Crippen LogP contribution in [0.1, 0.15) is 56.8 Å². The Kier molecular flexibility index (Phi) is 5.77. The zero-order chi connectivity index (χ0) is 15.4. The first-order valence-electron chi connectivity index (χ1n) is 8.15. The van der Waals surface area contributed by atoms with Crippen molar-refractivity contribution in [3.05, 3.63) is 35.1 Å². The Labute approximate surface area is 128 Å². The summed E-state index contributed by atoms with van der Waals surface area (Å²) in [5, 5.41) is 10.3. The topological polar surface area (TPSA) is 23.5 Å². The number of halogens is 1. The second-order valence-corrected chi connectivity index (χ2v) is 6.76. The van der Waals surface area contributed by atoms with Crippen molar-refractivity contribution in [1.82, 2.24) is 4.90 Å². The highest BCUT2D eigenvalue weighted by molar-refractivity contribution is 5.24. The minimum atomic E-state index is -0.569. The zero-order valence-corrected chi connectivity index (χ0v) is 13.5. The van der Waals surface area contributed by atoms with Crippen molar-refractivity contribution in [2.75, 3.05) is 13.1 Å². The van der Waals surface area contributed by atoms with Crippen molar-refractivity contribution >= 4 is 0 Å². The molecule has 0 spiro atoms. The summed E-state index contributed by atoms with van der Waals surface area (Å²) in [7, 11) is 0. The van der Waals surface area contributed by atoms with Gasteiger partial charge >= 0.3 is 0 Å². The summed E-state index contributed by atoms with van der Waals surface area (Å²) in [6.07, 6.45) is 3.88. The van der Waals surface area contributed by atoms with Crippen LogP contribution >= 0.6 is 0 Å². The molecule has 0 amide bonds. The lowest BCUT2D eigenvalue weighted by Gasteiger charge is -2.24. The molecule has 1 aliphatic rings. The number of aryl methyl sites for hydroxylation is 1. The maximum atomic E-state index is 13.6. The van der Waals surface area contributed by atoms with Gasteiger partial charge in [-0.2, -0.15) is 0 Å². The van der Waals surface area contributed by atoms with E-state index in [1.54, 1.807) is 13.0 Å². The second kappa shape index (κ2) is 7.37. The van der Waals surface area contributed by atoms with Crippen molar-refractivity contribution < 1.29 is 9.50 Å². The van der Waals surface area contributed by atoms with Gasteiger partial charge in [-0.05, 0) is 62.3 Å². The van der Waals surface area contributed by atoms with Gasteiger partial charge in [0.1, 0.15) is 5.82 Å². The van der Waals surface area contributed by atoms with Crippen LogP contribution in [0.2, 0.25) is 0 Å². The van der Waals surface area contributed by atoms with Crippen molar-refractivity contribution in [1.29, 1.82) is 0 Å². The van der Waals surface area contributed by atoms with E-state index in [2.05, 4.69) is 18.7 Å². The van der Waals surface area contributed by atoms with Gasteiger partial charge in [0.15, 0.2) is 0 Å². The Balaban J connectivity index is 1.85. The number of hydrogen-bond donors (Lipinski definition) is 1. The zero-order valence-electron chi connectivity index (χ0n) is 13.5. The number of benzene rings is 1. The molecule has 1 saturated carbocycles. The molecule has 1 aromatic rings. The fourth-order valence-electron chi connectivity index (χ4n) is 2.61. The van der Waals surface area contributed by atoms with Crippen molar-refractivity contribution in [3.63, 3.8) is 0 Å². The smallest absolute Gasteiger partial charge is 0.126 e. The van der Waals surface area contributed by atoms with E-state index in [-0.39, 0.29) is 5.82 Å². The molecule has 0 aliphatic heterocycles. The molecule has 2 nitrogen and oxygen atoms in total. The van der Waals surface area contributed by atoms with E-state index in [1.165, 1.54) is 25.3 Å². The number of nitrogens with zero attached hydrogens (tertiary/aromatic N) is 1. The van der Waals surface area contributed by atoms with Crippen LogP contribution in [0.25, 0.3) is 0 Å². The molecule has 1 unspecified atom stereocenters. The van der Waals surface area contributed by atoms with E-state index in [4.69, 9.17) is 0 Å². The van der Waals surface area contributed by atoms with E-state index in [0.29, 0.717) is 29.5 Å². The van der Waals surface area contributed by atoms with Gasteiger partial charge in [-0.25, -0.2) is 4.39 Å². The summed E-state index contributed by atoms with van der Waals surface area (Å²) in [6.45, 7) is 8.24. The summed E-state index contributed by atoms with van der Waals surface area (Å²) in [5.74, 6) is 0.479. The van der Waals surface area contributed by atoms with Crippen LogP contribution in [0.4, 0.5) is 4.39 Å². The molecular formula is C18H28FNO. The lowest BCUT2D eigenvalue weighted by atomic mass is 10.0. The van der Waals surface area contributed by atoms with E-state index < -0.39 is 6.10 Å². The SMILES string of the molecule is Cc1ccc(C(O)CCN(CCC(C)C)C2CC2)cc1F. The summed E-state index contributed by atoms with van der Waals surface area (Å²) in [4.78, 5) is 2.49. The minimum absolute atomic E-state index is 0.231. The second-order valence-electron chi connectivity index (χ2n) is 6.76. The Morgan fingerprint density at radius 1 is 1.24 bits per heavy atom. The molecule has 0 radical (unpaired) electrons.